The Morgan fingerprint density at radius 1 is 0.547 bits per heavy atom. The van der Waals surface area contributed by atoms with E-state index in [1.165, 1.54) is 10.4 Å². The summed E-state index contributed by atoms with van der Waals surface area (Å²) in [5.41, 5.74) is 3.30. The Bertz CT molecular complexity index is 1760. The molecule has 5 aromatic rings. The summed E-state index contributed by atoms with van der Waals surface area (Å²) in [6.07, 6.45) is -1.21. The average Bonchev–Trinajstić information content (AvgIpc) is 3.61. The highest BCUT2D eigenvalue weighted by Crippen LogP contribution is 2.40. The molecule has 53 heavy (non-hydrogen) atoms. The van der Waals surface area contributed by atoms with E-state index in [2.05, 4.69) is 118 Å². The zero-order chi connectivity index (χ0) is 36.5. The minimum absolute atomic E-state index is 0.142. The first-order valence-electron chi connectivity index (χ1n) is 18.9. The van der Waals surface area contributed by atoms with Crippen molar-refractivity contribution in [1.29, 1.82) is 0 Å². The normalized spacial score (nSPS) is 23.1. The molecule has 0 bridgehead atoms. The first kappa shape index (κ1) is 37.4. The quantitative estimate of drug-likeness (QED) is 0.102. The smallest absolute Gasteiger partial charge is 0.261 e. The van der Waals surface area contributed by atoms with Crippen molar-refractivity contribution in [3.63, 3.8) is 0 Å². The van der Waals surface area contributed by atoms with Gasteiger partial charge in [0.2, 0.25) is 0 Å². The molecule has 6 atom stereocenters. The van der Waals surface area contributed by atoms with Gasteiger partial charge in [-0.15, -0.1) is 0 Å². The topological polar surface area (TPSA) is 55.4 Å². The van der Waals surface area contributed by atoms with Crippen LogP contribution in [0.4, 0.5) is 0 Å². The van der Waals surface area contributed by atoms with Crippen molar-refractivity contribution in [2.24, 2.45) is 0 Å². The van der Waals surface area contributed by atoms with Crippen molar-refractivity contribution in [3.8, 4) is 0 Å². The molecule has 0 amide bonds. The van der Waals surface area contributed by atoms with Gasteiger partial charge in [0.25, 0.3) is 8.32 Å². The third-order valence-electron chi connectivity index (χ3n) is 10.4. The highest BCUT2D eigenvalue weighted by Gasteiger charge is 2.55. The third-order valence-corrected chi connectivity index (χ3v) is 15.4. The number of rotatable bonds is 15. The van der Waals surface area contributed by atoms with E-state index in [0.717, 1.165) is 16.7 Å². The van der Waals surface area contributed by atoms with Crippen LogP contribution in [0.5, 0.6) is 0 Å². The summed E-state index contributed by atoms with van der Waals surface area (Å²) in [5.74, 6) is 0. The van der Waals surface area contributed by atoms with Crippen LogP contribution in [0.15, 0.2) is 152 Å². The van der Waals surface area contributed by atoms with Gasteiger partial charge in [0, 0.05) is 6.42 Å². The van der Waals surface area contributed by atoms with Gasteiger partial charge in [-0.25, -0.2) is 0 Å². The lowest BCUT2D eigenvalue weighted by molar-refractivity contribution is -0.252. The minimum Gasteiger partial charge on any atom is -0.405 e. The molecule has 0 N–H and O–H groups in total. The molecule has 276 valence electrons. The van der Waals surface area contributed by atoms with E-state index in [1.54, 1.807) is 0 Å². The molecule has 0 aromatic heterocycles. The van der Waals surface area contributed by atoms with Crippen LogP contribution in [0.2, 0.25) is 5.04 Å². The van der Waals surface area contributed by atoms with E-state index in [1.807, 2.05) is 54.6 Å². The molecule has 2 fully saturated rings. The van der Waals surface area contributed by atoms with Gasteiger partial charge in [-0.2, -0.15) is 0 Å². The Balaban J connectivity index is 1.16. The molecule has 6 nitrogen and oxygen atoms in total. The zero-order valence-corrected chi connectivity index (χ0v) is 32.1. The number of hydrogen-bond acceptors (Lipinski definition) is 6. The minimum atomic E-state index is -2.77. The van der Waals surface area contributed by atoms with E-state index in [-0.39, 0.29) is 35.6 Å². The van der Waals surface area contributed by atoms with Crippen molar-refractivity contribution in [3.05, 3.63) is 168 Å². The first-order valence-corrected chi connectivity index (χ1v) is 20.8. The molecule has 5 aromatic carbocycles. The Kier molecular flexibility index (Phi) is 12.3. The molecule has 0 unspecified atom stereocenters. The molecule has 0 radical (unpaired) electrons. The van der Waals surface area contributed by atoms with Crippen LogP contribution < -0.4 is 10.4 Å². The van der Waals surface area contributed by atoms with Gasteiger partial charge in [-0.1, -0.05) is 172 Å². The standard InChI is InChI=1S/C46H52O6Si/c1-46(2,3)53(39-25-15-7-16-26-39,40-27-17-8-18-28-40)50-33-38-29-41-44(51-38)45(49-32-37-23-13-6-14-24-37)43(48-31-36-21-11-5-12-22-36)42(52-41)34-47-30-35-19-9-4-10-20-35/h4-28,38,41-45H,29-34H2,1-3H3/t38-,41-,42+,43-,44-,45-/m0/s1. The second kappa shape index (κ2) is 17.5. The van der Waals surface area contributed by atoms with Crippen molar-refractivity contribution in [1.82, 2.24) is 0 Å². The Labute approximate surface area is 316 Å². The monoisotopic (exact) mass is 728 g/mol. The summed E-state index contributed by atoms with van der Waals surface area (Å²) < 4.78 is 41.2. The number of benzene rings is 5. The van der Waals surface area contributed by atoms with Crippen molar-refractivity contribution in [2.45, 2.75) is 88.7 Å². The first-order chi connectivity index (χ1) is 25.9. The maximum Gasteiger partial charge on any atom is 0.261 e. The second-order valence-electron chi connectivity index (χ2n) is 15.2. The Morgan fingerprint density at radius 2 is 1.00 bits per heavy atom. The lowest BCUT2D eigenvalue weighted by Gasteiger charge is -2.44. The zero-order valence-electron chi connectivity index (χ0n) is 31.1. The van der Waals surface area contributed by atoms with Crippen LogP contribution in [0.25, 0.3) is 0 Å². The van der Waals surface area contributed by atoms with E-state index >= 15 is 0 Å². The van der Waals surface area contributed by atoms with Crippen LogP contribution in [0.1, 0.15) is 43.9 Å². The van der Waals surface area contributed by atoms with Gasteiger partial charge in [-0.05, 0) is 32.1 Å². The molecular formula is C46H52O6Si. The Morgan fingerprint density at radius 3 is 1.49 bits per heavy atom. The van der Waals surface area contributed by atoms with Gasteiger partial charge < -0.3 is 28.1 Å². The highest BCUT2D eigenvalue weighted by molar-refractivity contribution is 6.99. The maximum absolute atomic E-state index is 7.36. The molecule has 0 aliphatic carbocycles. The molecule has 0 saturated carbocycles. The summed E-state index contributed by atoms with van der Waals surface area (Å²) in [7, 11) is -2.77. The van der Waals surface area contributed by atoms with Crippen molar-refractivity contribution < 1.29 is 28.1 Å². The molecular weight excluding hydrogens is 677 g/mol. The van der Waals surface area contributed by atoms with Crippen LogP contribution in [-0.4, -0.2) is 58.2 Å². The fourth-order valence-electron chi connectivity index (χ4n) is 7.89. The van der Waals surface area contributed by atoms with Gasteiger partial charge in [-0.3, -0.25) is 0 Å². The molecule has 2 aliphatic rings. The van der Waals surface area contributed by atoms with Crippen LogP contribution >= 0.6 is 0 Å². The van der Waals surface area contributed by atoms with Gasteiger partial charge in [0.15, 0.2) is 0 Å². The van der Waals surface area contributed by atoms with Crippen LogP contribution in [0.3, 0.4) is 0 Å². The van der Waals surface area contributed by atoms with E-state index < -0.39 is 14.4 Å². The molecule has 2 saturated heterocycles. The summed E-state index contributed by atoms with van der Waals surface area (Å²) in [4.78, 5) is 0. The predicted molar refractivity (Wildman–Crippen MR) is 212 cm³/mol. The third kappa shape index (κ3) is 8.90. The highest BCUT2D eigenvalue weighted by atomic mass is 28.4. The fourth-order valence-corrected chi connectivity index (χ4v) is 12.5. The van der Waals surface area contributed by atoms with Crippen LogP contribution in [-0.2, 0) is 47.9 Å². The lowest BCUT2D eigenvalue weighted by Crippen LogP contribution is -2.67. The largest absolute Gasteiger partial charge is 0.405 e. The van der Waals surface area contributed by atoms with E-state index in [9.17, 15) is 0 Å². The van der Waals surface area contributed by atoms with Gasteiger partial charge >= 0.3 is 0 Å². The molecule has 7 rings (SSSR count). The summed E-state index contributed by atoms with van der Waals surface area (Å²) >= 11 is 0. The van der Waals surface area contributed by atoms with Crippen LogP contribution in [0, 0.1) is 0 Å². The number of fused-ring (bicyclic) bond motifs is 1. The van der Waals surface area contributed by atoms with Crippen molar-refractivity contribution in [2.75, 3.05) is 13.2 Å². The van der Waals surface area contributed by atoms with Gasteiger partial charge in [0.1, 0.15) is 24.4 Å². The van der Waals surface area contributed by atoms with Crippen molar-refractivity contribution >= 4 is 18.7 Å². The predicted octanol–water partition coefficient (Wildman–Crippen LogP) is 7.88. The average molecular weight is 729 g/mol. The second-order valence-corrected chi connectivity index (χ2v) is 19.5. The summed E-state index contributed by atoms with van der Waals surface area (Å²) in [6, 6.07) is 52.3. The number of hydrogen-bond donors (Lipinski definition) is 0. The van der Waals surface area contributed by atoms with Gasteiger partial charge in [0.05, 0.1) is 45.2 Å². The molecule has 0 spiro atoms. The summed E-state index contributed by atoms with van der Waals surface area (Å²) in [6.45, 7) is 9.07. The van der Waals surface area contributed by atoms with E-state index in [4.69, 9.17) is 28.1 Å². The lowest BCUT2D eigenvalue weighted by atomic mass is 9.94. The fraction of sp³-hybridized carbons (Fsp3) is 0.348. The molecule has 7 heteroatoms. The van der Waals surface area contributed by atoms with E-state index in [0.29, 0.717) is 39.5 Å². The number of ether oxygens (including phenoxy) is 5. The molecule has 2 heterocycles. The Hall–Kier alpha value is -3.92. The summed E-state index contributed by atoms with van der Waals surface area (Å²) in [5, 5.41) is 2.36. The molecule has 2 aliphatic heterocycles. The SMILES string of the molecule is CC(C)(C)[Si](OC[C@@H]1C[C@@H]2O[C@H](COCc3ccccc3)[C@H](OCc3ccccc3)[C@H](OCc3ccccc3)[C@H]2O1)(c1ccccc1)c1ccccc1. The maximum atomic E-state index is 7.36.